The first-order chi connectivity index (χ1) is 11.6. The van der Waals surface area contributed by atoms with Gasteiger partial charge in [-0.3, -0.25) is 4.79 Å². The molecular weight excluding hydrogens is 304 g/mol. The first-order valence-electron chi connectivity index (χ1n) is 8.57. The van der Waals surface area contributed by atoms with Gasteiger partial charge in [0.2, 0.25) is 11.8 Å². The Morgan fingerprint density at radius 1 is 1.25 bits per heavy atom. The molecule has 5 nitrogen and oxygen atoms in total. The van der Waals surface area contributed by atoms with E-state index in [1.54, 1.807) is 0 Å². The van der Waals surface area contributed by atoms with Crippen LogP contribution in [0.25, 0.3) is 11.5 Å². The Morgan fingerprint density at radius 2 is 1.96 bits per heavy atom. The molecule has 1 fully saturated rings. The Bertz CT molecular complexity index is 688. The summed E-state index contributed by atoms with van der Waals surface area (Å²) in [5.41, 5.74) is 0.785. The third kappa shape index (κ3) is 4.03. The number of aromatic nitrogens is 1. The van der Waals surface area contributed by atoms with E-state index >= 15 is 0 Å². The molecule has 1 aliphatic carbocycles. The van der Waals surface area contributed by atoms with Gasteiger partial charge in [-0.15, -0.1) is 0 Å². The Balaban J connectivity index is 1.59. The van der Waals surface area contributed by atoms with Crippen LogP contribution in [0.1, 0.15) is 43.6 Å². The van der Waals surface area contributed by atoms with E-state index in [-0.39, 0.29) is 12.3 Å². The third-order valence-corrected chi connectivity index (χ3v) is 4.64. The van der Waals surface area contributed by atoms with Gasteiger partial charge in [-0.2, -0.15) is 0 Å². The second kappa shape index (κ2) is 7.18. The average molecular weight is 328 g/mol. The molecule has 0 atom stereocenters. The molecule has 1 aromatic heterocycles. The fourth-order valence-corrected chi connectivity index (χ4v) is 3.16. The summed E-state index contributed by atoms with van der Waals surface area (Å²) in [6, 6.07) is 9.63. The van der Waals surface area contributed by atoms with E-state index in [9.17, 15) is 9.90 Å². The van der Waals surface area contributed by atoms with Crippen molar-refractivity contribution in [2.24, 2.45) is 0 Å². The smallest absolute Gasteiger partial charge is 0.226 e. The van der Waals surface area contributed by atoms with Crippen LogP contribution in [-0.2, 0) is 11.2 Å². The SMILES string of the molecule is Cc1oc(-c2ccccc2)nc1CC(=O)NCC1(O)CCCCC1. The lowest BCUT2D eigenvalue weighted by molar-refractivity contribution is -0.122. The van der Waals surface area contributed by atoms with Gasteiger partial charge in [0.15, 0.2) is 0 Å². The van der Waals surface area contributed by atoms with Crippen LogP contribution in [0.4, 0.5) is 0 Å². The van der Waals surface area contributed by atoms with Gasteiger partial charge in [0.05, 0.1) is 17.7 Å². The first kappa shape index (κ1) is 16.7. The Labute approximate surface area is 142 Å². The van der Waals surface area contributed by atoms with Crippen molar-refractivity contribution in [1.82, 2.24) is 10.3 Å². The lowest BCUT2D eigenvalue weighted by Crippen LogP contribution is -2.44. The molecule has 0 unspecified atom stereocenters. The van der Waals surface area contributed by atoms with Gasteiger partial charge < -0.3 is 14.8 Å². The number of rotatable bonds is 5. The maximum atomic E-state index is 12.2. The number of oxazole rings is 1. The highest BCUT2D eigenvalue weighted by Crippen LogP contribution is 2.27. The number of benzene rings is 1. The molecular formula is C19H24N2O3. The highest BCUT2D eigenvalue weighted by molar-refractivity contribution is 5.78. The summed E-state index contributed by atoms with van der Waals surface area (Å²) in [7, 11) is 0. The number of aliphatic hydroxyl groups is 1. The minimum Gasteiger partial charge on any atom is -0.441 e. The summed E-state index contributed by atoms with van der Waals surface area (Å²) in [4.78, 5) is 16.6. The second-order valence-electron chi connectivity index (χ2n) is 6.63. The molecule has 128 valence electrons. The Hall–Kier alpha value is -2.14. The highest BCUT2D eigenvalue weighted by Gasteiger charge is 2.29. The van der Waals surface area contributed by atoms with E-state index in [0.29, 0.717) is 23.9 Å². The molecule has 24 heavy (non-hydrogen) atoms. The van der Waals surface area contributed by atoms with Crippen molar-refractivity contribution in [2.45, 2.75) is 51.0 Å². The lowest BCUT2D eigenvalue weighted by Gasteiger charge is -2.32. The van der Waals surface area contributed by atoms with Crippen molar-refractivity contribution >= 4 is 5.91 Å². The summed E-state index contributed by atoms with van der Waals surface area (Å²) >= 11 is 0. The molecule has 1 aliphatic rings. The maximum Gasteiger partial charge on any atom is 0.226 e. The van der Waals surface area contributed by atoms with Crippen LogP contribution in [0.5, 0.6) is 0 Å². The Morgan fingerprint density at radius 3 is 2.67 bits per heavy atom. The predicted molar refractivity (Wildman–Crippen MR) is 91.4 cm³/mol. The minimum absolute atomic E-state index is 0.134. The molecule has 0 radical (unpaired) electrons. The fourth-order valence-electron chi connectivity index (χ4n) is 3.16. The standard InChI is InChI=1S/C19H24N2O3/c1-14-16(21-18(24-14)15-8-4-2-5-9-15)12-17(22)20-13-19(23)10-6-3-7-11-19/h2,4-5,8-9,23H,3,6-7,10-13H2,1H3,(H,20,22). The number of hydrogen-bond donors (Lipinski definition) is 2. The van der Waals surface area contributed by atoms with Gasteiger partial charge in [-0.25, -0.2) is 4.98 Å². The van der Waals surface area contributed by atoms with Gasteiger partial charge in [0, 0.05) is 12.1 Å². The van der Waals surface area contributed by atoms with E-state index in [0.717, 1.165) is 37.7 Å². The second-order valence-corrected chi connectivity index (χ2v) is 6.63. The van der Waals surface area contributed by atoms with E-state index in [2.05, 4.69) is 10.3 Å². The molecule has 0 aliphatic heterocycles. The number of carbonyl (C=O) groups excluding carboxylic acids is 1. The summed E-state index contributed by atoms with van der Waals surface area (Å²) in [6.45, 7) is 2.13. The number of amides is 1. The molecule has 2 aromatic rings. The largest absolute Gasteiger partial charge is 0.441 e. The van der Waals surface area contributed by atoms with Crippen LogP contribution in [0.15, 0.2) is 34.7 Å². The number of hydrogen-bond acceptors (Lipinski definition) is 4. The van der Waals surface area contributed by atoms with Gasteiger partial charge in [0.25, 0.3) is 0 Å². The molecule has 0 saturated heterocycles. The number of carbonyl (C=O) groups is 1. The number of nitrogens with one attached hydrogen (secondary N) is 1. The first-order valence-corrected chi connectivity index (χ1v) is 8.57. The maximum absolute atomic E-state index is 12.2. The summed E-state index contributed by atoms with van der Waals surface area (Å²) < 4.78 is 5.68. The van der Waals surface area contributed by atoms with Crippen LogP contribution in [0, 0.1) is 6.92 Å². The van der Waals surface area contributed by atoms with Gasteiger partial charge in [-0.05, 0) is 31.9 Å². The van der Waals surface area contributed by atoms with Crippen molar-refractivity contribution in [2.75, 3.05) is 6.54 Å². The van der Waals surface area contributed by atoms with E-state index in [1.807, 2.05) is 37.3 Å². The van der Waals surface area contributed by atoms with Crippen molar-refractivity contribution in [3.8, 4) is 11.5 Å². The lowest BCUT2D eigenvalue weighted by atomic mass is 9.85. The molecule has 0 spiro atoms. The van der Waals surface area contributed by atoms with Gasteiger partial charge in [-0.1, -0.05) is 37.5 Å². The van der Waals surface area contributed by atoms with Crippen molar-refractivity contribution in [1.29, 1.82) is 0 Å². The van der Waals surface area contributed by atoms with Crippen LogP contribution in [0.2, 0.25) is 0 Å². The third-order valence-electron chi connectivity index (χ3n) is 4.64. The molecule has 1 heterocycles. The van der Waals surface area contributed by atoms with Gasteiger partial charge >= 0.3 is 0 Å². The number of nitrogens with zero attached hydrogens (tertiary/aromatic N) is 1. The summed E-state index contributed by atoms with van der Waals surface area (Å²) in [5.74, 6) is 1.05. The van der Waals surface area contributed by atoms with E-state index < -0.39 is 5.60 Å². The molecule has 3 rings (SSSR count). The van der Waals surface area contributed by atoms with Crippen LogP contribution >= 0.6 is 0 Å². The van der Waals surface area contributed by atoms with Crippen molar-refractivity contribution in [3.63, 3.8) is 0 Å². The zero-order valence-electron chi connectivity index (χ0n) is 14.0. The molecule has 5 heteroatoms. The summed E-state index contributed by atoms with van der Waals surface area (Å²) in [5, 5.41) is 13.3. The van der Waals surface area contributed by atoms with E-state index in [1.165, 1.54) is 0 Å². The topological polar surface area (TPSA) is 75.4 Å². The highest BCUT2D eigenvalue weighted by atomic mass is 16.4. The quantitative estimate of drug-likeness (QED) is 0.885. The monoisotopic (exact) mass is 328 g/mol. The fraction of sp³-hybridized carbons (Fsp3) is 0.474. The van der Waals surface area contributed by atoms with Gasteiger partial charge in [0.1, 0.15) is 5.76 Å². The van der Waals surface area contributed by atoms with Crippen LogP contribution in [-0.4, -0.2) is 28.1 Å². The zero-order valence-corrected chi connectivity index (χ0v) is 14.0. The predicted octanol–water partition coefficient (Wildman–Crippen LogP) is 3.00. The van der Waals surface area contributed by atoms with Crippen molar-refractivity contribution in [3.05, 3.63) is 41.8 Å². The molecule has 0 bridgehead atoms. The minimum atomic E-state index is -0.748. The average Bonchev–Trinajstić information content (AvgIpc) is 2.95. The van der Waals surface area contributed by atoms with Crippen LogP contribution < -0.4 is 5.32 Å². The Kier molecular flexibility index (Phi) is 5.00. The molecule has 1 aromatic carbocycles. The molecule has 2 N–H and O–H groups in total. The van der Waals surface area contributed by atoms with Crippen LogP contribution in [0.3, 0.4) is 0 Å². The zero-order chi connectivity index (χ0) is 17.0. The van der Waals surface area contributed by atoms with Crippen molar-refractivity contribution < 1.29 is 14.3 Å². The molecule has 1 saturated carbocycles. The van der Waals surface area contributed by atoms with E-state index in [4.69, 9.17) is 4.42 Å². The number of aryl methyl sites for hydroxylation is 1. The normalized spacial score (nSPS) is 16.8. The molecule has 1 amide bonds. The summed E-state index contributed by atoms with van der Waals surface area (Å²) in [6.07, 6.45) is 4.89.